The lowest BCUT2D eigenvalue weighted by molar-refractivity contribution is -0.166. The molecule has 0 spiro atoms. The van der Waals surface area contributed by atoms with Crippen molar-refractivity contribution in [1.82, 2.24) is 0 Å². The number of hydrogen-bond donors (Lipinski definition) is 0. The third-order valence-corrected chi connectivity index (χ3v) is 5.88. The Labute approximate surface area is 170 Å². The van der Waals surface area contributed by atoms with Gasteiger partial charge in [-0.2, -0.15) is 0 Å². The zero-order chi connectivity index (χ0) is 21.3. The molecule has 3 aliphatic rings. The Bertz CT molecular complexity index is 780. The summed E-state index contributed by atoms with van der Waals surface area (Å²) in [6.45, 7) is 11.3. The van der Waals surface area contributed by atoms with Crippen molar-refractivity contribution in [2.24, 2.45) is 5.92 Å². The number of carbonyl (C=O) groups excluding carboxylic acids is 3. The molecule has 2 aliphatic heterocycles. The lowest BCUT2D eigenvalue weighted by atomic mass is 9.83. The van der Waals surface area contributed by atoms with Crippen LogP contribution in [0.15, 0.2) is 35.5 Å². The second-order valence-electron chi connectivity index (χ2n) is 7.91. The minimum absolute atomic E-state index is 0.197. The monoisotopic (exact) mass is 404 g/mol. The number of aldehydes is 1. The van der Waals surface area contributed by atoms with Gasteiger partial charge < -0.3 is 18.9 Å². The third kappa shape index (κ3) is 4.07. The number of epoxide rings is 1. The molecule has 0 saturated carbocycles. The Morgan fingerprint density at radius 3 is 2.72 bits per heavy atom. The van der Waals surface area contributed by atoms with Crippen molar-refractivity contribution < 1.29 is 33.3 Å². The minimum Gasteiger partial charge on any atom is -0.456 e. The van der Waals surface area contributed by atoms with E-state index in [1.54, 1.807) is 26.8 Å². The molecule has 0 amide bonds. The van der Waals surface area contributed by atoms with Gasteiger partial charge in [-0.15, -0.1) is 0 Å². The van der Waals surface area contributed by atoms with Crippen molar-refractivity contribution in [2.75, 3.05) is 6.61 Å². The van der Waals surface area contributed by atoms with Crippen LogP contribution in [0.2, 0.25) is 0 Å². The van der Waals surface area contributed by atoms with Crippen molar-refractivity contribution in [3.63, 3.8) is 0 Å². The summed E-state index contributed by atoms with van der Waals surface area (Å²) in [4.78, 5) is 37.0. The fourth-order valence-electron chi connectivity index (χ4n) is 3.86. The SMILES string of the molecule is C=C1C(=O)O[C@@H]2/C=C(/C)CCC=C(C=O)[C@H](OCC)[C@@H](OC(=O)[C@]3(C)O[C@H]3C)[C@@H]12. The molecule has 0 aromatic rings. The predicted molar refractivity (Wildman–Crippen MR) is 104 cm³/mol. The summed E-state index contributed by atoms with van der Waals surface area (Å²) in [5.74, 6) is -1.77. The standard InChI is InChI=1S/C22H28O7/c1-6-26-18-15(11-23)9-7-8-12(2)10-16-17(13(3)20(24)27-16)19(18)28-21(25)22(5)14(4)29-22/h9-11,14,16-19H,3,6-8H2,1-2,4-5H3/b12-10-,15-9?/t14-,16+,17-,18-,19-,22+/m0/s1. The van der Waals surface area contributed by atoms with Crippen molar-refractivity contribution in [3.8, 4) is 0 Å². The van der Waals surface area contributed by atoms with Crippen LogP contribution in [0.4, 0.5) is 0 Å². The van der Waals surface area contributed by atoms with Crippen LogP contribution in [0.1, 0.15) is 40.5 Å². The van der Waals surface area contributed by atoms with Gasteiger partial charge in [0, 0.05) is 17.8 Å². The molecule has 6 atom stereocenters. The average Bonchev–Trinajstić information content (AvgIpc) is 3.20. The van der Waals surface area contributed by atoms with Gasteiger partial charge >= 0.3 is 11.9 Å². The Hall–Kier alpha value is -2.25. The lowest BCUT2D eigenvalue weighted by Crippen LogP contribution is -2.46. The van der Waals surface area contributed by atoms with Crippen molar-refractivity contribution in [3.05, 3.63) is 35.5 Å². The number of ether oxygens (including phenoxy) is 4. The van der Waals surface area contributed by atoms with Gasteiger partial charge in [0.15, 0.2) is 5.60 Å². The largest absolute Gasteiger partial charge is 0.456 e. The van der Waals surface area contributed by atoms with Gasteiger partial charge in [0.25, 0.3) is 0 Å². The van der Waals surface area contributed by atoms with E-state index in [0.29, 0.717) is 25.0 Å². The first-order valence-corrected chi connectivity index (χ1v) is 9.95. The van der Waals surface area contributed by atoms with Gasteiger partial charge in [0.2, 0.25) is 0 Å². The fourth-order valence-corrected chi connectivity index (χ4v) is 3.86. The summed E-state index contributed by atoms with van der Waals surface area (Å²) in [5, 5.41) is 0. The second-order valence-corrected chi connectivity index (χ2v) is 7.91. The number of fused-ring (bicyclic) bond motifs is 1. The molecule has 0 bridgehead atoms. The van der Waals surface area contributed by atoms with E-state index in [1.807, 2.05) is 13.0 Å². The molecule has 0 N–H and O–H groups in total. The first-order chi connectivity index (χ1) is 13.7. The minimum atomic E-state index is -1.05. The Balaban J connectivity index is 2.06. The Morgan fingerprint density at radius 1 is 1.45 bits per heavy atom. The second kappa shape index (κ2) is 8.24. The van der Waals surface area contributed by atoms with E-state index < -0.39 is 41.8 Å². The van der Waals surface area contributed by atoms with Gasteiger partial charge in [-0.1, -0.05) is 18.2 Å². The molecule has 7 nitrogen and oxygen atoms in total. The Kier molecular flexibility index (Phi) is 6.10. The van der Waals surface area contributed by atoms with E-state index in [1.165, 1.54) is 0 Å². The quantitative estimate of drug-likeness (QED) is 0.228. The molecule has 158 valence electrons. The molecule has 2 heterocycles. The van der Waals surface area contributed by atoms with Crippen LogP contribution in [-0.2, 0) is 33.3 Å². The maximum Gasteiger partial charge on any atom is 0.341 e. The van der Waals surface area contributed by atoms with Crippen LogP contribution < -0.4 is 0 Å². The normalized spacial score (nSPS) is 38.8. The van der Waals surface area contributed by atoms with E-state index in [9.17, 15) is 14.4 Å². The molecule has 2 fully saturated rings. The maximum atomic E-state index is 12.9. The van der Waals surface area contributed by atoms with Gasteiger partial charge in [-0.3, -0.25) is 4.79 Å². The molecule has 0 aromatic heterocycles. The molecule has 0 radical (unpaired) electrons. The first kappa shape index (κ1) is 21.5. The van der Waals surface area contributed by atoms with E-state index >= 15 is 0 Å². The smallest absolute Gasteiger partial charge is 0.341 e. The highest BCUT2D eigenvalue weighted by Gasteiger charge is 2.59. The number of carbonyl (C=O) groups is 3. The topological polar surface area (TPSA) is 91.4 Å². The van der Waals surface area contributed by atoms with Crippen LogP contribution >= 0.6 is 0 Å². The molecule has 7 heteroatoms. The van der Waals surface area contributed by atoms with Crippen LogP contribution in [0.5, 0.6) is 0 Å². The molecule has 1 aliphatic carbocycles. The fraction of sp³-hybridized carbons (Fsp3) is 0.591. The summed E-state index contributed by atoms with van der Waals surface area (Å²) in [6, 6.07) is 0. The third-order valence-electron chi connectivity index (χ3n) is 5.88. The average molecular weight is 404 g/mol. The maximum absolute atomic E-state index is 12.9. The van der Waals surface area contributed by atoms with Gasteiger partial charge in [-0.25, -0.2) is 9.59 Å². The summed E-state index contributed by atoms with van der Waals surface area (Å²) in [6.07, 6.45) is 2.97. The summed E-state index contributed by atoms with van der Waals surface area (Å²) >= 11 is 0. The van der Waals surface area contributed by atoms with Crippen molar-refractivity contribution in [1.29, 1.82) is 0 Å². The van der Waals surface area contributed by atoms with Gasteiger partial charge in [0.05, 0.1) is 12.0 Å². The molecule has 0 aromatic carbocycles. The highest BCUT2D eigenvalue weighted by atomic mass is 16.7. The van der Waals surface area contributed by atoms with E-state index in [0.717, 1.165) is 11.9 Å². The van der Waals surface area contributed by atoms with Gasteiger partial charge in [0.1, 0.15) is 24.6 Å². The molecule has 0 unspecified atom stereocenters. The number of hydrogen-bond acceptors (Lipinski definition) is 7. The van der Waals surface area contributed by atoms with E-state index in [-0.39, 0.29) is 11.7 Å². The van der Waals surface area contributed by atoms with Crippen molar-refractivity contribution >= 4 is 18.2 Å². The number of allylic oxidation sites excluding steroid dienone is 2. The highest BCUT2D eigenvalue weighted by molar-refractivity contribution is 5.91. The summed E-state index contributed by atoms with van der Waals surface area (Å²) in [5.41, 5.74) is 0.529. The molecule has 2 saturated heterocycles. The van der Waals surface area contributed by atoms with Crippen molar-refractivity contribution in [2.45, 2.75) is 70.6 Å². The van der Waals surface area contributed by atoms with Crippen LogP contribution in [0, 0.1) is 5.92 Å². The number of rotatable bonds is 5. The predicted octanol–water partition coefficient (Wildman–Crippen LogP) is 2.44. The lowest BCUT2D eigenvalue weighted by Gasteiger charge is -2.33. The summed E-state index contributed by atoms with van der Waals surface area (Å²) in [7, 11) is 0. The van der Waals surface area contributed by atoms with Gasteiger partial charge in [-0.05, 0) is 46.6 Å². The highest BCUT2D eigenvalue weighted by Crippen LogP contribution is 2.41. The first-order valence-electron chi connectivity index (χ1n) is 9.95. The van der Waals surface area contributed by atoms with Crippen LogP contribution in [-0.4, -0.2) is 54.8 Å². The van der Waals surface area contributed by atoms with Crippen LogP contribution in [0.25, 0.3) is 0 Å². The summed E-state index contributed by atoms with van der Waals surface area (Å²) < 4.78 is 22.6. The Morgan fingerprint density at radius 2 is 2.14 bits per heavy atom. The van der Waals surface area contributed by atoms with E-state index in [4.69, 9.17) is 18.9 Å². The zero-order valence-corrected chi connectivity index (χ0v) is 17.3. The van der Waals surface area contributed by atoms with Crippen LogP contribution in [0.3, 0.4) is 0 Å². The molecular weight excluding hydrogens is 376 g/mol. The number of esters is 2. The van der Waals surface area contributed by atoms with E-state index in [2.05, 4.69) is 6.58 Å². The molecule has 29 heavy (non-hydrogen) atoms. The zero-order valence-electron chi connectivity index (χ0n) is 17.3. The molecular formula is C22H28O7. The molecule has 3 rings (SSSR count).